The van der Waals surface area contributed by atoms with Gasteiger partial charge in [-0.1, -0.05) is 53.0 Å². The molecule has 1 unspecified atom stereocenters. The highest BCUT2D eigenvalue weighted by molar-refractivity contribution is 6.43. The molecule has 2 aliphatic rings. The molecular formula is C21H20Cl3N3O2. The number of nitrogens with one attached hydrogen (secondary N) is 1. The van der Waals surface area contributed by atoms with Crippen LogP contribution in [0.2, 0.25) is 15.1 Å². The number of rotatable bonds is 3. The van der Waals surface area contributed by atoms with Crippen LogP contribution in [0.15, 0.2) is 36.4 Å². The van der Waals surface area contributed by atoms with Crippen molar-refractivity contribution in [2.24, 2.45) is 0 Å². The first-order valence-corrected chi connectivity index (χ1v) is 10.5. The Morgan fingerprint density at radius 3 is 2.55 bits per heavy atom. The number of halogens is 3. The van der Waals surface area contributed by atoms with Crippen molar-refractivity contribution in [1.29, 1.82) is 0 Å². The smallest absolute Gasteiger partial charge is 0.254 e. The number of hydrogen-bond donors (Lipinski definition) is 1. The Hall–Kier alpha value is -1.79. The Kier molecular flexibility index (Phi) is 5.28. The molecule has 2 heterocycles. The fraction of sp³-hybridized carbons (Fsp3) is 0.333. The molecular weight excluding hydrogens is 433 g/mol. The molecule has 0 radical (unpaired) electrons. The molecule has 2 aromatic carbocycles. The Morgan fingerprint density at radius 2 is 1.86 bits per heavy atom. The molecule has 5 nitrogen and oxygen atoms in total. The largest absolute Gasteiger partial charge is 0.347 e. The van der Waals surface area contributed by atoms with Gasteiger partial charge < -0.3 is 10.2 Å². The molecule has 29 heavy (non-hydrogen) atoms. The maximum atomic E-state index is 13.7. The van der Waals surface area contributed by atoms with Crippen molar-refractivity contribution in [3.8, 4) is 0 Å². The fourth-order valence-electron chi connectivity index (χ4n) is 4.50. The van der Waals surface area contributed by atoms with Crippen molar-refractivity contribution in [2.45, 2.75) is 24.4 Å². The predicted octanol–water partition coefficient (Wildman–Crippen LogP) is 4.40. The van der Waals surface area contributed by atoms with E-state index in [1.165, 1.54) is 0 Å². The van der Waals surface area contributed by atoms with Gasteiger partial charge in [-0.25, -0.2) is 0 Å². The monoisotopic (exact) mass is 451 g/mol. The van der Waals surface area contributed by atoms with Crippen molar-refractivity contribution < 1.29 is 9.59 Å². The van der Waals surface area contributed by atoms with Gasteiger partial charge in [0.05, 0.1) is 16.1 Å². The van der Waals surface area contributed by atoms with Gasteiger partial charge in [0.1, 0.15) is 0 Å². The zero-order valence-electron chi connectivity index (χ0n) is 16.0. The summed E-state index contributed by atoms with van der Waals surface area (Å²) in [6.45, 7) is 0.547. The number of likely N-dealkylation sites (tertiary alicyclic amines) is 1. The van der Waals surface area contributed by atoms with Gasteiger partial charge in [-0.15, -0.1) is 0 Å². The number of likely N-dealkylation sites (N-methyl/N-ethyl adjacent to an activating group) is 1. The minimum absolute atomic E-state index is 0.0617. The van der Waals surface area contributed by atoms with E-state index in [-0.39, 0.29) is 16.8 Å². The van der Waals surface area contributed by atoms with Crippen LogP contribution in [-0.2, 0) is 15.1 Å². The maximum Gasteiger partial charge on any atom is 0.254 e. The van der Waals surface area contributed by atoms with E-state index in [0.717, 1.165) is 6.42 Å². The summed E-state index contributed by atoms with van der Waals surface area (Å²) >= 11 is 19.6. The first-order valence-electron chi connectivity index (χ1n) is 9.33. The SMILES string of the molecule is CN(C)C(=O)[C@@H]1CCCN1C1(c2ccccc2Cl)C(=O)Nc2ccc(Cl)c(Cl)c21. The third-order valence-electron chi connectivity index (χ3n) is 5.71. The second-order valence-corrected chi connectivity index (χ2v) is 8.70. The summed E-state index contributed by atoms with van der Waals surface area (Å²) < 4.78 is 0. The summed E-state index contributed by atoms with van der Waals surface area (Å²) in [7, 11) is 3.43. The number of carbonyl (C=O) groups excluding carboxylic acids is 2. The molecule has 2 aromatic rings. The number of anilines is 1. The molecule has 1 N–H and O–H groups in total. The van der Waals surface area contributed by atoms with Gasteiger partial charge in [0.2, 0.25) is 5.91 Å². The fourth-order valence-corrected chi connectivity index (χ4v) is 5.23. The van der Waals surface area contributed by atoms with Crippen molar-refractivity contribution in [2.75, 3.05) is 26.0 Å². The predicted molar refractivity (Wildman–Crippen MR) is 116 cm³/mol. The number of fused-ring (bicyclic) bond motifs is 1. The lowest BCUT2D eigenvalue weighted by Crippen LogP contribution is -2.57. The average Bonchev–Trinajstić information content (AvgIpc) is 3.28. The molecule has 2 aliphatic heterocycles. The van der Waals surface area contributed by atoms with Crippen molar-refractivity contribution in [1.82, 2.24) is 9.80 Å². The van der Waals surface area contributed by atoms with E-state index >= 15 is 0 Å². The molecule has 0 saturated carbocycles. The van der Waals surface area contributed by atoms with Gasteiger partial charge in [-0.05, 0) is 31.0 Å². The normalized spacial score (nSPS) is 23.8. The van der Waals surface area contributed by atoms with E-state index < -0.39 is 11.6 Å². The highest BCUT2D eigenvalue weighted by Crippen LogP contribution is 2.53. The van der Waals surface area contributed by atoms with Gasteiger partial charge in [0, 0.05) is 42.5 Å². The molecule has 2 amide bonds. The Bertz CT molecular complexity index is 1010. The van der Waals surface area contributed by atoms with Crippen LogP contribution in [0.1, 0.15) is 24.0 Å². The van der Waals surface area contributed by atoms with Crippen LogP contribution in [-0.4, -0.2) is 48.3 Å². The van der Waals surface area contributed by atoms with Crippen molar-refractivity contribution in [3.05, 3.63) is 62.6 Å². The second-order valence-electron chi connectivity index (χ2n) is 7.51. The van der Waals surface area contributed by atoms with Gasteiger partial charge in [-0.2, -0.15) is 0 Å². The Morgan fingerprint density at radius 1 is 1.14 bits per heavy atom. The summed E-state index contributed by atoms with van der Waals surface area (Å²) in [5.41, 5.74) is 0.360. The standard InChI is InChI=1S/C21H20Cl3N3O2/c1-26(2)19(28)16-8-5-11-27(16)21(12-6-3-4-7-13(12)22)17-15(25-20(21)29)10-9-14(23)18(17)24/h3-4,6-7,9-10,16H,5,8,11H2,1-2H3,(H,25,29)/t16-,21?/m0/s1. The van der Waals surface area contributed by atoms with E-state index in [0.29, 0.717) is 39.8 Å². The summed E-state index contributed by atoms with van der Waals surface area (Å²) in [5.74, 6) is -0.350. The van der Waals surface area contributed by atoms with Gasteiger partial charge in [0.25, 0.3) is 5.91 Å². The lowest BCUT2D eigenvalue weighted by atomic mass is 9.81. The molecule has 4 rings (SSSR count). The van der Waals surface area contributed by atoms with Crippen LogP contribution in [0.5, 0.6) is 0 Å². The third kappa shape index (κ3) is 2.95. The molecule has 8 heteroatoms. The summed E-state index contributed by atoms with van der Waals surface area (Å²) in [6, 6.07) is 10.1. The lowest BCUT2D eigenvalue weighted by Gasteiger charge is -2.42. The first kappa shape index (κ1) is 20.5. The molecule has 152 valence electrons. The van der Waals surface area contributed by atoms with Gasteiger partial charge in [-0.3, -0.25) is 14.5 Å². The van der Waals surface area contributed by atoms with Crippen LogP contribution < -0.4 is 5.32 Å². The van der Waals surface area contributed by atoms with E-state index in [1.54, 1.807) is 43.3 Å². The van der Waals surface area contributed by atoms with Crippen molar-refractivity contribution >= 4 is 52.3 Å². The molecule has 0 aliphatic carbocycles. The van der Waals surface area contributed by atoms with E-state index in [4.69, 9.17) is 34.8 Å². The zero-order valence-corrected chi connectivity index (χ0v) is 18.3. The quantitative estimate of drug-likeness (QED) is 0.751. The first-order chi connectivity index (χ1) is 13.8. The summed E-state index contributed by atoms with van der Waals surface area (Å²) in [5, 5.41) is 3.99. The average molecular weight is 453 g/mol. The Labute approximate surface area is 184 Å². The molecule has 1 saturated heterocycles. The van der Waals surface area contributed by atoms with E-state index in [1.807, 2.05) is 17.0 Å². The van der Waals surface area contributed by atoms with E-state index in [9.17, 15) is 9.59 Å². The van der Waals surface area contributed by atoms with Crippen molar-refractivity contribution in [3.63, 3.8) is 0 Å². The minimum atomic E-state index is -1.34. The van der Waals surface area contributed by atoms with E-state index in [2.05, 4.69) is 5.32 Å². The number of hydrogen-bond acceptors (Lipinski definition) is 3. The zero-order chi connectivity index (χ0) is 20.9. The van der Waals surface area contributed by atoms with Crippen LogP contribution in [0.3, 0.4) is 0 Å². The highest BCUT2D eigenvalue weighted by atomic mass is 35.5. The number of carbonyl (C=O) groups is 2. The topological polar surface area (TPSA) is 52.7 Å². The molecule has 0 aromatic heterocycles. The van der Waals surface area contributed by atoms with Crippen LogP contribution in [0.25, 0.3) is 0 Å². The number of amides is 2. The van der Waals surface area contributed by atoms with Crippen LogP contribution in [0.4, 0.5) is 5.69 Å². The maximum absolute atomic E-state index is 13.7. The lowest BCUT2D eigenvalue weighted by molar-refractivity contribution is -0.138. The van der Waals surface area contributed by atoms with Crippen LogP contribution in [0, 0.1) is 0 Å². The highest BCUT2D eigenvalue weighted by Gasteiger charge is 2.58. The second kappa shape index (κ2) is 7.47. The van der Waals surface area contributed by atoms with Gasteiger partial charge >= 0.3 is 0 Å². The Balaban J connectivity index is 2.05. The van der Waals surface area contributed by atoms with Gasteiger partial charge in [0.15, 0.2) is 5.54 Å². The van der Waals surface area contributed by atoms with Crippen LogP contribution >= 0.6 is 34.8 Å². The summed E-state index contributed by atoms with van der Waals surface area (Å²) in [6.07, 6.45) is 1.42. The summed E-state index contributed by atoms with van der Waals surface area (Å²) in [4.78, 5) is 30.1. The molecule has 0 spiro atoms. The number of nitrogens with zero attached hydrogens (tertiary/aromatic N) is 2. The third-order valence-corrected chi connectivity index (χ3v) is 6.84. The molecule has 2 atom stereocenters. The minimum Gasteiger partial charge on any atom is -0.347 e. The molecule has 0 bridgehead atoms. The molecule has 1 fully saturated rings. The number of benzene rings is 2.